The van der Waals surface area contributed by atoms with E-state index >= 15 is 0 Å². The van der Waals surface area contributed by atoms with Gasteiger partial charge in [-0.1, -0.05) is 12.6 Å². The third-order valence-corrected chi connectivity index (χ3v) is 2.06. The SMILES string of the molecule is [S]c1cc[n+](C2CC2)cc1. The van der Waals surface area contributed by atoms with Crippen molar-refractivity contribution in [3.05, 3.63) is 24.5 Å². The fourth-order valence-electron chi connectivity index (χ4n) is 1.04. The standard InChI is InChI=1S/C8H9NS/c10-8-3-5-9(6-4-8)7-1-2-7/h3-7H,1-2H2/q+1. The van der Waals surface area contributed by atoms with Gasteiger partial charge in [0, 0.05) is 29.9 Å². The van der Waals surface area contributed by atoms with Crippen molar-refractivity contribution in [3.63, 3.8) is 0 Å². The van der Waals surface area contributed by atoms with Crippen LogP contribution in [0.1, 0.15) is 18.9 Å². The summed E-state index contributed by atoms with van der Waals surface area (Å²) in [4.78, 5) is 0.928. The Balaban J connectivity index is 2.28. The Morgan fingerprint density at radius 1 is 1.30 bits per heavy atom. The van der Waals surface area contributed by atoms with Crippen LogP contribution in [0.15, 0.2) is 29.4 Å². The van der Waals surface area contributed by atoms with Gasteiger partial charge in [0.2, 0.25) is 0 Å². The van der Waals surface area contributed by atoms with Crippen LogP contribution in [-0.2, 0) is 0 Å². The van der Waals surface area contributed by atoms with Crippen LogP contribution in [0.5, 0.6) is 0 Å². The van der Waals surface area contributed by atoms with Gasteiger partial charge >= 0.3 is 0 Å². The summed E-state index contributed by atoms with van der Waals surface area (Å²) < 4.78 is 2.23. The van der Waals surface area contributed by atoms with E-state index in [1.807, 2.05) is 12.1 Å². The van der Waals surface area contributed by atoms with E-state index in [0.29, 0.717) is 0 Å². The van der Waals surface area contributed by atoms with Gasteiger partial charge in [0.1, 0.15) is 0 Å². The summed E-state index contributed by atoms with van der Waals surface area (Å²) in [7, 11) is 0. The van der Waals surface area contributed by atoms with Crippen molar-refractivity contribution in [2.24, 2.45) is 0 Å². The van der Waals surface area contributed by atoms with Crippen molar-refractivity contribution in [1.29, 1.82) is 0 Å². The molecular weight excluding hydrogens is 142 g/mol. The van der Waals surface area contributed by atoms with Gasteiger partial charge < -0.3 is 0 Å². The second-order valence-electron chi connectivity index (χ2n) is 2.71. The molecule has 0 saturated heterocycles. The van der Waals surface area contributed by atoms with Gasteiger partial charge in [-0.3, -0.25) is 0 Å². The van der Waals surface area contributed by atoms with E-state index in [4.69, 9.17) is 12.6 Å². The lowest BCUT2D eigenvalue weighted by Crippen LogP contribution is -2.30. The van der Waals surface area contributed by atoms with Gasteiger partial charge in [-0.2, -0.15) is 0 Å². The monoisotopic (exact) mass is 151 g/mol. The number of hydrogen-bond donors (Lipinski definition) is 0. The predicted molar refractivity (Wildman–Crippen MR) is 40.8 cm³/mol. The normalized spacial score (nSPS) is 17.2. The van der Waals surface area contributed by atoms with Crippen LogP contribution in [-0.4, -0.2) is 0 Å². The molecule has 1 fully saturated rings. The molecule has 2 heteroatoms. The molecule has 0 unspecified atom stereocenters. The second-order valence-corrected chi connectivity index (χ2v) is 3.18. The van der Waals surface area contributed by atoms with Crippen LogP contribution in [0.2, 0.25) is 0 Å². The molecule has 1 aliphatic rings. The second kappa shape index (κ2) is 2.20. The molecule has 0 N–H and O–H groups in total. The first-order chi connectivity index (χ1) is 4.86. The maximum atomic E-state index is 4.97. The summed E-state index contributed by atoms with van der Waals surface area (Å²) in [5.41, 5.74) is 0. The molecular formula is C8H9NS+. The van der Waals surface area contributed by atoms with Crippen molar-refractivity contribution >= 4 is 12.6 Å². The van der Waals surface area contributed by atoms with E-state index in [0.717, 1.165) is 10.9 Å². The Kier molecular flexibility index (Phi) is 1.34. The summed E-state index contributed by atoms with van der Waals surface area (Å²) in [6.07, 6.45) is 6.81. The minimum absolute atomic E-state index is 0.774. The average molecular weight is 151 g/mol. The molecule has 0 atom stereocenters. The van der Waals surface area contributed by atoms with E-state index in [9.17, 15) is 0 Å². The molecule has 0 aliphatic heterocycles. The molecule has 1 aromatic heterocycles. The highest BCUT2D eigenvalue weighted by atomic mass is 32.1. The molecule has 0 amide bonds. The topological polar surface area (TPSA) is 3.88 Å². The van der Waals surface area contributed by atoms with Gasteiger partial charge in [-0.25, -0.2) is 4.57 Å². The van der Waals surface area contributed by atoms with Crippen molar-refractivity contribution in [3.8, 4) is 0 Å². The number of pyridine rings is 1. The van der Waals surface area contributed by atoms with Crippen molar-refractivity contribution in [1.82, 2.24) is 0 Å². The van der Waals surface area contributed by atoms with Crippen LogP contribution in [0.4, 0.5) is 0 Å². The lowest BCUT2D eigenvalue weighted by Gasteiger charge is -1.90. The third kappa shape index (κ3) is 1.12. The van der Waals surface area contributed by atoms with E-state index in [2.05, 4.69) is 17.0 Å². The van der Waals surface area contributed by atoms with Gasteiger partial charge in [-0.15, -0.1) is 0 Å². The zero-order chi connectivity index (χ0) is 6.97. The maximum Gasteiger partial charge on any atom is 0.170 e. The first kappa shape index (κ1) is 6.10. The molecule has 0 aromatic carbocycles. The lowest BCUT2D eigenvalue weighted by atomic mass is 10.4. The summed E-state index contributed by atoms with van der Waals surface area (Å²) >= 11 is 4.97. The first-order valence-electron chi connectivity index (χ1n) is 3.54. The number of hydrogen-bond acceptors (Lipinski definition) is 0. The minimum atomic E-state index is 0.774. The van der Waals surface area contributed by atoms with Crippen molar-refractivity contribution < 1.29 is 4.57 Å². The largest absolute Gasteiger partial charge is 0.202 e. The molecule has 0 bridgehead atoms. The molecule has 1 saturated carbocycles. The minimum Gasteiger partial charge on any atom is -0.202 e. The number of rotatable bonds is 1. The van der Waals surface area contributed by atoms with Crippen LogP contribution >= 0.6 is 12.6 Å². The van der Waals surface area contributed by atoms with E-state index in [1.165, 1.54) is 12.8 Å². The summed E-state index contributed by atoms with van der Waals surface area (Å²) in [6, 6.07) is 4.73. The van der Waals surface area contributed by atoms with Gasteiger partial charge in [0.05, 0.1) is 0 Å². The van der Waals surface area contributed by atoms with Gasteiger partial charge in [0.25, 0.3) is 0 Å². The fraction of sp³-hybridized carbons (Fsp3) is 0.375. The molecule has 1 radical (unpaired) electrons. The summed E-state index contributed by atoms with van der Waals surface area (Å²) in [5, 5.41) is 0. The summed E-state index contributed by atoms with van der Waals surface area (Å²) in [5.74, 6) is 0. The summed E-state index contributed by atoms with van der Waals surface area (Å²) in [6.45, 7) is 0. The number of nitrogens with zero attached hydrogens (tertiary/aromatic N) is 1. The van der Waals surface area contributed by atoms with Crippen LogP contribution in [0.25, 0.3) is 0 Å². The molecule has 1 heterocycles. The lowest BCUT2D eigenvalue weighted by molar-refractivity contribution is -0.700. The molecule has 0 spiro atoms. The zero-order valence-corrected chi connectivity index (χ0v) is 6.47. The Morgan fingerprint density at radius 3 is 2.40 bits per heavy atom. The zero-order valence-electron chi connectivity index (χ0n) is 5.66. The van der Waals surface area contributed by atoms with Crippen LogP contribution < -0.4 is 4.57 Å². The predicted octanol–water partition coefficient (Wildman–Crippen LogP) is 1.87. The van der Waals surface area contributed by atoms with E-state index in [-0.39, 0.29) is 0 Å². The average Bonchev–Trinajstić information content (AvgIpc) is 2.71. The molecule has 2 rings (SSSR count). The highest BCUT2D eigenvalue weighted by Crippen LogP contribution is 2.28. The van der Waals surface area contributed by atoms with Crippen molar-refractivity contribution in [2.45, 2.75) is 23.8 Å². The molecule has 51 valence electrons. The van der Waals surface area contributed by atoms with Gasteiger partial charge in [-0.05, 0) is 0 Å². The highest BCUT2D eigenvalue weighted by Gasteiger charge is 2.30. The maximum absolute atomic E-state index is 4.97. The molecule has 1 aliphatic carbocycles. The quantitative estimate of drug-likeness (QED) is 0.539. The van der Waals surface area contributed by atoms with E-state index < -0.39 is 0 Å². The van der Waals surface area contributed by atoms with Gasteiger partial charge in [0.15, 0.2) is 18.4 Å². The number of aromatic nitrogens is 1. The fourth-order valence-corrected chi connectivity index (χ4v) is 1.16. The third-order valence-electron chi connectivity index (χ3n) is 1.79. The first-order valence-corrected chi connectivity index (χ1v) is 3.95. The Hall–Kier alpha value is -0.630. The Bertz CT molecular complexity index is 226. The van der Waals surface area contributed by atoms with Crippen LogP contribution in [0.3, 0.4) is 0 Å². The molecule has 1 nitrogen and oxygen atoms in total. The van der Waals surface area contributed by atoms with E-state index in [1.54, 1.807) is 0 Å². The molecule has 10 heavy (non-hydrogen) atoms. The van der Waals surface area contributed by atoms with Crippen molar-refractivity contribution in [2.75, 3.05) is 0 Å². The van der Waals surface area contributed by atoms with Crippen LogP contribution in [0, 0.1) is 0 Å². The smallest absolute Gasteiger partial charge is 0.170 e. The molecule has 1 aromatic rings. The highest BCUT2D eigenvalue weighted by molar-refractivity contribution is 7.80. The Morgan fingerprint density at radius 2 is 1.90 bits per heavy atom. The Labute approximate surface area is 66.1 Å².